The number of para-hydroxylation sites is 1. The van der Waals surface area contributed by atoms with Gasteiger partial charge in [-0.2, -0.15) is 0 Å². The summed E-state index contributed by atoms with van der Waals surface area (Å²) in [7, 11) is 0. The van der Waals surface area contributed by atoms with Gasteiger partial charge in [0.25, 0.3) is 5.91 Å². The van der Waals surface area contributed by atoms with Crippen molar-refractivity contribution in [2.24, 2.45) is 5.92 Å². The van der Waals surface area contributed by atoms with Gasteiger partial charge in [-0.25, -0.2) is 0 Å². The largest absolute Gasteiger partial charge is 0.348 e. The van der Waals surface area contributed by atoms with E-state index in [9.17, 15) is 9.59 Å². The molecule has 1 atom stereocenters. The topological polar surface area (TPSA) is 71.1 Å². The minimum Gasteiger partial charge on any atom is -0.348 e. The summed E-state index contributed by atoms with van der Waals surface area (Å²) in [4.78, 5) is 30.1. The molecule has 2 amide bonds. The van der Waals surface area contributed by atoms with Gasteiger partial charge in [-0.3, -0.25) is 14.6 Å². The third-order valence-electron chi connectivity index (χ3n) is 5.85. The number of hydrogen-bond donors (Lipinski definition) is 2. The first-order valence-electron chi connectivity index (χ1n) is 10.6. The van der Waals surface area contributed by atoms with Crippen LogP contribution < -0.4 is 10.6 Å². The molecule has 154 valence electrons. The highest BCUT2D eigenvalue weighted by molar-refractivity contribution is 6.07. The van der Waals surface area contributed by atoms with E-state index < -0.39 is 0 Å². The summed E-state index contributed by atoms with van der Waals surface area (Å²) in [5.74, 6) is -0.0891. The molecule has 0 fully saturated rings. The van der Waals surface area contributed by atoms with E-state index in [1.807, 2.05) is 62.4 Å². The van der Waals surface area contributed by atoms with E-state index in [0.717, 1.165) is 64.7 Å². The molecule has 2 N–H and O–H groups in total. The maximum atomic E-state index is 13.2. The Morgan fingerprint density at radius 1 is 1.10 bits per heavy atom. The van der Waals surface area contributed by atoms with Crippen molar-refractivity contribution >= 4 is 28.4 Å². The van der Waals surface area contributed by atoms with Crippen LogP contribution in [-0.2, 0) is 24.2 Å². The Labute approximate surface area is 176 Å². The number of carbonyl (C=O) groups is 2. The van der Waals surface area contributed by atoms with Gasteiger partial charge < -0.3 is 10.6 Å². The third-order valence-corrected chi connectivity index (χ3v) is 5.85. The van der Waals surface area contributed by atoms with Crippen LogP contribution in [0.25, 0.3) is 10.9 Å². The normalized spacial score (nSPS) is 13.7. The fraction of sp³-hybridized carbons (Fsp3) is 0.320. The second-order valence-electron chi connectivity index (χ2n) is 7.96. The number of aromatic nitrogens is 1. The lowest BCUT2D eigenvalue weighted by atomic mass is 10.0. The molecule has 0 saturated heterocycles. The van der Waals surface area contributed by atoms with Gasteiger partial charge >= 0.3 is 0 Å². The van der Waals surface area contributed by atoms with Crippen molar-refractivity contribution in [3.05, 3.63) is 70.9 Å². The molecule has 0 spiro atoms. The fourth-order valence-electron chi connectivity index (χ4n) is 3.95. The second kappa shape index (κ2) is 8.66. The van der Waals surface area contributed by atoms with Gasteiger partial charge in [0.05, 0.1) is 11.1 Å². The van der Waals surface area contributed by atoms with Crippen LogP contribution in [0.1, 0.15) is 53.9 Å². The average molecular weight is 402 g/mol. The number of amides is 2. The number of rotatable bonds is 6. The van der Waals surface area contributed by atoms with E-state index in [1.54, 1.807) is 0 Å². The minimum absolute atomic E-state index is 0.0116. The Kier molecular flexibility index (Phi) is 5.79. The highest BCUT2D eigenvalue weighted by Gasteiger charge is 2.23. The third kappa shape index (κ3) is 4.06. The number of hydrogen-bond acceptors (Lipinski definition) is 3. The summed E-state index contributed by atoms with van der Waals surface area (Å²) in [6.45, 7) is 4.31. The molecule has 0 aliphatic heterocycles. The molecular formula is C25H27N3O2. The van der Waals surface area contributed by atoms with Crippen LogP contribution in [0.3, 0.4) is 0 Å². The summed E-state index contributed by atoms with van der Waals surface area (Å²) < 4.78 is 0. The molecule has 0 radical (unpaired) electrons. The fourth-order valence-corrected chi connectivity index (χ4v) is 3.95. The predicted molar refractivity (Wildman–Crippen MR) is 119 cm³/mol. The number of fused-ring (bicyclic) bond motifs is 2. The van der Waals surface area contributed by atoms with Gasteiger partial charge in [0, 0.05) is 29.2 Å². The zero-order valence-electron chi connectivity index (χ0n) is 17.5. The van der Waals surface area contributed by atoms with Gasteiger partial charge in [-0.1, -0.05) is 44.2 Å². The monoisotopic (exact) mass is 401 g/mol. The number of nitrogens with one attached hydrogen (secondary N) is 2. The summed E-state index contributed by atoms with van der Waals surface area (Å²) in [5, 5.41) is 6.93. The van der Waals surface area contributed by atoms with E-state index in [0.29, 0.717) is 6.54 Å². The molecule has 1 heterocycles. The van der Waals surface area contributed by atoms with Crippen LogP contribution >= 0.6 is 0 Å². The van der Waals surface area contributed by atoms with Crippen molar-refractivity contribution in [2.45, 2.75) is 46.1 Å². The van der Waals surface area contributed by atoms with Crippen molar-refractivity contribution < 1.29 is 9.59 Å². The molecule has 0 bridgehead atoms. The summed E-state index contributed by atoms with van der Waals surface area (Å²) in [6, 6.07) is 15.5. The highest BCUT2D eigenvalue weighted by atomic mass is 16.2. The zero-order chi connectivity index (χ0) is 21.1. The molecule has 1 unspecified atom stereocenters. The van der Waals surface area contributed by atoms with Crippen LogP contribution in [0, 0.1) is 5.92 Å². The molecule has 5 heteroatoms. The number of pyridine rings is 1. The Morgan fingerprint density at radius 2 is 1.93 bits per heavy atom. The van der Waals surface area contributed by atoms with Gasteiger partial charge in [0.15, 0.2) is 0 Å². The first-order chi connectivity index (χ1) is 14.6. The van der Waals surface area contributed by atoms with Gasteiger partial charge in [0.1, 0.15) is 0 Å². The first kappa shape index (κ1) is 20.1. The quantitative estimate of drug-likeness (QED) is 0.632. The van der Waals surface area contributed by atoms with E-state index in [-0.39, 0.29) is 17.7 Å². The molecule has 4 rings (SSSR count). The highest BCUT2D eigenvalue weighted by Crippen LogP contribution is 2.30. The lowest BCUT2D eigenvalue weighted by Gasteiger charge is -2.14. The van der Waals surface area contributed by atoms with E-state index in [4.69, 9.17) is 4.98 Å². The SMILES string of the molecule is CCC(C)C(=O)Nc1cccc(CNC(=O)c2c3c(nc4ccccc24)CCC3)c1. The van der Waals surface area contributed by atoms with E-state index in [1.165, 1.54) is 0 Å². The molecule has 1 aliphatic carbocycles. The van der Waals surface area contributed by atoms with Crippen molar-refractivity contribution in [3.63, 3.8) is 0 Å². The Morgan fingerprint density at radius 3 is 2.77 bits per heavy atom. The molecule has 2 aromatic carbocycles. The molecule has 1 aliphatic rings. The van der Waals surface area contributed by atoms with Crippen molar-refractivity contribution in [1.82, 2.24) is 10.3 Å². The molecule has 30 heavy (non-hydrogen) atoms. The molecule has 0 saturated carbocycles. The minimum atomic E-state index is -0.0687. The molecular weight excluding hydrogens is 374 g/mol. The summed E-state index contributed by atoms with van der Waals surface area (Å²) in [6.07, 6.45) is 3.66. The standard InChI is InChI=1S/C25H27N3O2/c1-3-16(2)24(29)27-18-9-6-8-17(14-18)15-26-25(30)23-19-10-4-5-12-21(19)28-22-13-7-11-20(22)23/h4-6,8-10,12,14,16H,3,7,11,13,15H2,1-2H3,(H,26,30)(H,27,29). The Bertz CT molecular complexity index is 1110. The molecule has 3 aromatic rings. The van der Waals surface area contributed by atoms with Gasteiger partial charge in [0.2, 0.25) is 5.91 Å². The lowest BCUT2D eigenvalue weighted by Crippen LogP contribution is -2.25. The summed E-state index contributed by atoms with van der Waals surface area (Å²) >= 11 is 0. The van der Waals surface area contributed by atoms with Crippen LogP contribution in [0.2, 0.25) is 0 Å². The Hall–Kier alpha value is -3.21. The van der Waals surface area contributed by atoms with E-state index in [2.05, 4.69) is 10.6 Å². The summed E-state index contributed by atoms with van der Waals surface area (Å²) in [5.41, 5.74) is 5.46. The smallest absolute Gasteiger partial charge is 0.252 e. The average Bonchev–Trinajstić information content (AvgIpc) is 3.23. The number of carbonyl (C=O) groups excluding carboxylic acids is 2. The zero-order valence-corrected chi connectivity index (χ0v) is 17.5. The number of nitrogens with zero attached hydrogens (tertiary/aromatic N) is 1. The number of benzene rings is 2. The maximum absolute atomic E-state index is 13.2. The Balaban J connectivity index is 1.53. The molecule has 5 nitrogen and oxygen atoms in total. The lowest BCUT2D eigenvalue weighted by molar-refractivity contribution is -0.119. The first-order valence-corrected chi connectivity index (χ1v) is 10.6. The molecule has 1 aromatic heterocycles. The van der Waals surface area contributed by atoms with Crippen molar-refractivity contribution in [2.75, 3.05) is 5.32 Å². The van der Waals surface area contributed by atoms with Crippen molar-refractivity contribution in [1.29, 1.82) is 0 Å². The van der Waals surface area contributed by atoms with Gasteiger partial charge in [-0.05, 0) is 55.0 Å². The van der Waals surface area contributed by atoms with Crippen LogP contribution in [0.5, 0.6) is 0 Å². The van der Waals surface area contributed by atoms with Crippen LogP contribution in [-0.4, -0.2) is 16.8 Å². The number of anilines is 1. The second-order valence-corrected chi connectivity index (χ2v) is 7.96. The van der Waals surface area contributed by atoms with Gasteiger partial charge in [-0.15, -0.1) is 0 Å². The van der Waals surface area contributed by atoms with Crippen LogP contribution in [0.15, 0.2) is 48.5 Å². The predicted octanol–water partition coefficient (Wildman–Crippen LogP) is 4.64. The number of aryl methyl sites for hydroxylation is 1. The van der Waals surface area contributed by atoms with Crippen molar-refractivity contribution in [3.8, 4) is 0 Å². The van der Waals surface area contributed by atoms with E-state index >= 15 is 0 Å². The van der Waals surface area contributed by atoms with Crippen LogP contribution in [0.4, 0.5) is 5.69 Å². The maximum Gasteiger partial charge on any atom is 0.252 e.